The van der Waals surface area contributed by atoms with Gasteiger partial charge in [0.15, 0.2) is 9.79 Å². The maximum Gasteiger partial charge on any atom is 0.404 e. The van der Waals surface area contributed by atoms with Gasteiger partial charge in [-0.25, -0.2) is 4.79 Å². The van der Waals surface area contributed by atoms with Gasteiger partial charge in [0.25, 0.3) is 0 Å². The standard InChI is InChI=1S/C19H21NO2S/c1-23(16-8-3-2-4-9-16)17-10-11-18-14(12-17)6-5-7-15(18)13-20-19(21)22/h2-4,8-12,15,20H,5-7,13H2,1H3/p+1. The summed E-state index contributed by atoms with van der Waals surface area (Å²) in [5, 5.41) is 11.4. The molecule has 3 nitrogen and oxygen atoms in total. The van der Waals surface area contributed by atoms with Gasteiger partial charge in [0.05, 0.1) is 10.9 Å². The van der Waals surface area contributed by atoms with E-state index in [1.54, 1.807) is 0 Å². The molecule has 0 radical (unpaired) electrons. The number of aryl methyl sites for hydroxylation is 1. The fraction of sp³-hybridized carbons (Fsp3) is 0.316. The monoisotopic (exact) mass is 328 g/mol. The lowest BCUT2D eigenvalue weighted by Crippen LogP contribution is -2.28. The van der Waals surface area contributed by atoms with Crippen LogP contribution in [0.4, 0.5) is 4.79 Å². The molecule has 1 aliphatic carbocycles. The van der Waals surface area contributed by atoms with Crippen molar-refractivity contribution in [3.8, 4) is 0 Å². The van der Waals surface area contributed by atoms with Gasteiger partial charge < -0.3 is 10.4 Å². The van der Waals surface area contributed by atoms with Crippen LogP contribution < -0.4 is 5.32 Å². The average Bonchev–Trinajstić information content (AvgIpc) is 2.59. The van der Waals surface area contributed by atoms with E-state index in [4.69, 9.17) is 5.11 Å². The third kappa shape index (κ3) is 3.70. The van der Waals surface area contributed by atoms with E-state index in [2.05, 4.69) is 54.0 Å². The highest BCUT2D eigenvalue weighted by Gasteiger charge is 2.25. The average molecular weight is 328 g/mol. The Balaban J connectivity index is 1.83. The number of fused-ring (bicyclic) bond motifs is 1. The fourth-order valence-corrected chi connectivity index (χ4v) is 4.69. The van der Waals surface area contributed by atoms with Crippen molar-refractivity contribution in [2.45, 2.75) is 35.0 Å². The van der Waals surface area contributed by atoms with Crippen LogP contribution >= 0.6 is 0 Å². The van der Waals surface area contributed by atoms with Gasteiger partial charge in [0.2, 0.25) is 0 Å². The lowest BCUT2D eigenvalue weighted by molar-refractivity contribution is 0.193. The Morgan fingerprint density at radius 1 is 1.22 bits per heavy atom. The summed E-state index contributed by atoms with van der Waals surface area (Å²) in [6.07, 6.45) is 4.61. The molecule has 23 heavy (non-hydrogen) atoms. The zero-order chi connectivity index (χ0) is 16.2. The zero-order valence-electron chi connectivity index (χ0n) is 13.3. The van der Waals surface area contributed by atoms with Crippen LogP contribution in [-0.2, 0) is 17.3 Å². The minimum Gasteiger partial charge on any atom is -0.465 e. The number of carboxylic acid groups (broad SMARTS) is 1. The van der Waals surface area contributed by atoms with E-state index in [0.29, 0.717) is 12.5 Å². The molecule has 4 heteroatoms. The van der Waals surface area contributed by atoms with Gasteiger partial charge in [-0.2, -0.15) is 0 Å². The summed E-state index contributed by atoms with van der Waals surface area (Å²) < 4.78 is 0. The lowest BCUT2D eigenvalue weighted by atomic mass is 9.83. The summed E-state index contributed by atoms with van der Waals surface area (Å²) in [6, 6.07) is 17.4. The van der Waals surface area contributed by atoms with Crippen molar-refractivity contribution in [1.82, 2.24) is 5.32 Å². The van der Waals surface area contributed by atoms with E-state index in [-0.39, 0.29) is 10.9 Å². The van der Waals surface area contributed by atoms with Crippen molar-refractivity contribution >= 4 is 17.0 Å². The molecule has 0 saturated heterocycles. The molecule has 0 aliphatic heterocycles. The molecule has 3 rings (SSSR count). The lowest BCUT2D eigenvalue weighted by Gasteiger charge is -2.25. The molecule has 2 aromatic rings. The van der Waals surface area contributed by atoms with Crippen molar-refractivity contribution in [2.75, 3.05) is 12.8 Å². The van der Waals surface area contributed by atoms with Gasteiger partial charge in [-0.3, -0.25) is 0 Å². The predicted octanol–water partition coefficient (Wildman–Crippen LogP) is 4.04. The number of hydrogen-bond acceptors (Lipinski definition) is 1. The van der Waals surface area contributed by atoms with Crippen molar-refractivity contribution in [2.24, 2.45) is 0 Å². The molecule has 0 aromatic heterocycles. The molecule has 0 saturated carbocycles. The second-order valence-electron chi connectivity index (χ2n) is 5.96. The fourth-order valence-electron chi connectivity index (χ4n) is 3.26. The number of amides is 1. The largest absolute Gasteiger partial charge is 0.465 e. The minimum atomic E-state index is -0.937. The van der Waals surface area contributed by atoms with Crippen molar-refractivity contribution in [1.29, 1.82) is 0 Å². The van der Waals surface area contributed by atoms with E-state index in [9.17, 15) is 4.79 Å². The van der Waals surface area contributed by atoms with Crippen LogP contribution in [0.2, 0.25) is 0 Å². The molecule has 1 amide bonds. The Labute approximate surface area is 140 Å². The van der Waals surface area contributed by atoms with E-state index in [1.807, 2.05) is 6.07 Å². The number of benzene rings is 2. The van der Waals surface area contributed by atoms with Gasteiger partial charge in [0.1, 0.15) is 6.26 Å². The van der Waals surface area contributed by atoms with E-state index < -0.39 is 6.09 Å². The molecule has 120 valence electrons. The molecule has 2 aromatic carbocycles. The smallest absolute Gasteiger partial charge is 0.404 e. The maximum atomic E-state index is 10.7. The van der Waals surface area contributed by atoms with E-state index in [0.717, 1.165) is 19.3 Å². The highest BCUT2D eigenvalue weighted by atomic mass is 32.2. The van der Waals surface area contributed by atoms with Crippen LogP contribution in [0.3, 0.4) is 0 Å². The topological polar surface area (TPSA) is 49.3 Å². The molecule has 2 atom stereocenters. The normalized spacial score (nSPS) is 18.0. The summed E-state index contributed by atoms with van der Waals surface area (Å²) in [6.45, 7) is 0.512. The van der Waals surface area contributed by atoms with Crippen LogP contribution in [0.15, 0.2) is 58.3 Å². The summed E-state index contributed by atoms with van der Waals surface area (Å²) in [5.74, 6) is 0.305. The van der Waals surface area contributed by atoms with Gasteiger partial charge in [-0.05, 0) is 54.7 Å². The second-order valence-corrected chi connectivity index (χ2v) is 7.92. The van der Waals surface area contributed by atoms with Crippen molar-refractivity contribution in [3.63, 3.8) is 0 Å². The van der Waals surface area contributed by atoms with Crippen molar-refractivity contribution < 1.29 is 9.90 Å². The summed E-state index contributed by atoms with van der Waals surface area (Å²) in [5.41, 5.74) is 2.71. The SMILES string of the molecule is C[S+](c1ccccc1)c1ccc2c(c1)CCCC2CNC(=O)O. The Morgan fingerprint density at radius 3 is 2.74 bits per heavy atom. The minimum absolute atomic E-state index is 0.0731. The van der Waals surface area contributed by atoms with Crippen LogP contribution in [-0.4, -0.2) is 24.0 Å². The first-order valence-corrected chi connectivity index (χ1v) is 9.59. The van der Waals surface area contributed by atoms with Gasteiger partial charge in [0, 0.05) is 12.5 Å². The van der Waals surface area contributed by atoms with E-state index in [1.165, 1.54) is 20.9 Å². The Hall–Kier alpha value is -1.94. The molecule has 0 bridgehead atoms. The van der Waals surface area contributed by atoms with Crippen LogP contribution in [0.25, 0.3) is 0 Å². The van der Waals surface area contributed by atoms with Crippen molar-refractivity contribution in [3.05, 3.63) is 59.7 Å². The molecule has 2 N–H and O–H groups in total. The quantitative estimate of drug-likeness (QED) is 0.832. The Kier molecular flexibility index (Phi) is 4.91. The number of hydrogen-bond donors (Lipinski definition) is 2. The Bertz CT molecular complexity index is 687. The third-order valence-corrected chi connectivity index (χ3v) is 6.44. The van der Waals surface area contributed by atoms with Gasteiger partial charge >= 0.3 is 6.09 Å². The molecule has 1 aliphatic rings. The third-order valence-electron chi connectivity index (χ3n) is 4.50. The first kappa shape index (κ1) is 15.9. The maximum absolute atomic E-state index is 10.7. The highest BCUT2D eigenvalue weighted by molar-refractivity contribution is 7.96. The summed E-state index contributed by atoms with van der Waals surface area (Å²) in [7, 11) is 0.0731. The highest BCUT2D eigenvalue weighted by Crippen LogP contribution is 2.33. The summed E-state index contributed by atoms with van der Waals surface area (Å²) >= 11 is 0. The number of carbonyl (C=O) groups is 1. The molecule has 0 fully saturated rings. The van der Waals surface area contributed by atoms with Gasteiger partial charge in [-0.15, -0.1) is 0 Å². The number of nitrogens with one attached hydrogen (secondary N) is 1. The molecule has 0 spiro atoms. The Morgan fingerprint density at radius 2 is 2.00 bits per heavy atom. The van der Waals surface area contributed by atoms with Crippen LogP contribution in [0.1, 0.15) is 29.9 Å². The second kappa shape index (κ2) is 7.09. The molecule has 0 heterocycles. The number of rotatable bonds is 4. The molecular weight excluding hydrogens is 306 g/mol. The van der Waals surface area contributed by atoms with Crippen LogP contribution in [0, 0.1) is 0 Å². The predicted molar refractivity (Wildman–Crippen MR) is 94.4 cm³/mol. The summed E-state index contributed by atoms with van der Waals surface area (Å²) in [4.78, 5) is 13.5. The van der Waals surface area contributed by atoms with Gasteiger partial charge in [-0.1, -0.05) is 24.3 Å². The zero-order valence-corrected chi connectivity index (χ0v) is 14.1. The first-order valence-electron chi connectivity index (χ1n) is 7.96. The molecular formula is C19H22NO2S+. The molecule has 2 unspecified atom stereocenters. The van der Waals surface area contributed by atoms with E-state index >= 15 is 0 Å². The first-order chi connectivity index (χ1) is 11.1. The van der Waals surface area contributed by atoms with Crippen LogP contribution in [0.5, 0.6) is 0 Å².